The van der Waals surface area contributed by atoms with Crippen LogP contribution in [0.4, 0.5) is 0 Å². The highest BCUT2D eigenvalue weighted by molar-refractivity contribution is 6.75. The smallest absolute Gasteiger partial charge is 0.0647 e. The van der Waals surface area contributed by atoms with E-state index in [1.54, 1.807) is 5.19 Å². The van der Waals surface area contributed by atoms with Gasteiger partial charge in [0.05, 0.1) is 8.80 Å². The molecule has 0 saturated carbocycles. The Morgan fingerprint density at radius 2 is 0.808 bits per heavy atom. The lowest BCUT2D eigenvalue weighted by Gasteiger charge is -2.01. The van der Waals surface area contributed by atoms with Crippen LogP contribution >= 0.6 is 0 Å². The van der Waals surface area contributed by atoms with Crippen molar-refractivity contribution in [2.24, 2.45) is 0 Å². The van der Waals surface area contributed by atoms with E-state index in [0.717, 1.165) is 0 Å². The van der Waals surface area contributed by atoms with Gasteiger partial charge in [0.25, 0.3) is 0 Å². The predicted molar refractivity (Wildman–Crippen MR) is 148 cm³/mol. The highest BCUT2D eigenvalue weighted by Gasteiger charge is 1.99. The molecule has 0 atom stereocenters. The monoisotopic (exact) mass is 446 g/mol. The Hall–Kier alpha value is 0.304. The van der Waals surface area contributed by atoms with E-state index in [9.17, 15) is 0 Å². The second-order valence-electron chi connectivity index (χ2n) is 11.0. The van der Waals surface area contributed by atoms with Gasteiger partial charge >= 0.3 is 0 Å². The minimum Gasteiger partial charge on any atom is -0.0750 e. The van der Waals surface area contributed by atoms with E-state index in [1.165, 1.54) is 0 Å². The molecule has 5 heteroatoms. The molecule has 0 fully saturated rings. The minimum absolute atomic E-state index is 0.139. The van der Waals surface area contributed by atoms with Crippen molar-refractivity contribution in [1.29, 1.82) is 0 Å². The van der Waals surface area contributed by atoms with E-state index < -0.39 is 24.9 Å². The second-order valence-corrected chi connectivity index (χ2v) is 30.9. The summed E-state index contributed by atoms with van der Waals surface area (Å²) in [6.45, 7) is 34.7. The van der Waals surface area contributed by atoms with Crippen molar-refractivity contribution < 1.29 is 0 Å². The first kappa shape index (κ1) is 33.9. The zero-order valence-electron chi connectivity index (χ0n) is 21.2. The van der Waals surface area contributed by atoms with Crippen LogP contribution in [-0.4, -0.2) is 43.3 Å². The summed E-state index contributed by atoms with van der Waals surface area (Å²) < 4.78 is 0. The van der Waals surface area contributed by atoms with Crippen LogP contribution < -0.4 is 5.19 Å². The zero-order valence-corrected chi connectivity index (χ0v) is 27.0. The van der Waals surface area contributed by atoms with Crippen LogP contribution in [0, 0.1) is 0 Å². The first-order valence-corrected chi connectivity index (χ1v) is 27.7. The lowest BCUT2D eigenvalue weighted by molar-refractivity contribution is 1.71. The van der Waals surface area contributed by atoms with Crippen LogP contribution in [0.15, 0.2) is 30.3 Å². The fourth-order valence-corrected chi connectivity index (χ4v) is 1.83. The number of benzene rings is 1. The Kier molecular flexibility index (Phi) is 26.1. The SMILES string of the molecule is C[SiH2]C.C[SiH](C)C.C[SiH](C)c1ccccc1.C[Si](C)(C)C.C[Si](C)(C)C. The first-order valence-electron chi connectivity index (χ1n) is 10.5. The molecule has 0 spiro atoms. The van der Waals surface area contributed by atoms with Crippen molar-refractivity contribution in [2.45, 2.75) is 98.2 Å². The summed E-state index contributed by atoms with van der Waals surface area (Å²) in [5.74, 6) is 0. The summed E-state index contributed by atoms with van der Waals surface area (Å²) in [7, 11) is -1.47. The summed E-state index contributed by atoms with van der Waals surface area (Å²) in [5.41, 5.74) is 0. The third-order valence-electron chi connectivity index (χ3n) is 1.47. The molecule has 1 aromatic carbocycles. The first-order chi connectivity index (χ1) is 11.5. The van der Waals surface area contributed by atoms with Crippen LogP contribution in [0.25, 0.3) is 0 Å². The molecule has 0 aliphatic heterocycles. The molecule has 0 aliphatic rings. The van der Waals surface area contributed by atoms with E-state index in [1.807, 2.05) is 0 Å². The third kappa shape index (κ3) is 87.2. The minimum atomic E-state index is -0.611. The third-order valence-corrected chi connectivity index (χ3v) is 3.18. The molecule has 0 aliphatic carbocycles. The molecule has 0 N–H and O–H groups in total. The number of rotatable bonds is 1. The molecular formula is C21H54Si5. The summed E-state index contributed by atoms with van der Waals surface area (Å²) in [5, 5.41) is 1.55. The lowest BCUT2D eigenvalue weighted by Crippen LogP contribution is -2.21. The van der Waals surface area contributed by atoms with E-state index in [0.29, 0.717) is 9.52 Å². The predicted octanol–water partition coefficient (Wildman–Crippen LogP) is 6.64. The Bertz CT molecular complexity index is 335. The molecule has 26 heavy (non-hydrogen) atoms. The topological polar surface area (TPSA) is 0 Å². The van der Waals surface area contributed by atoms with E-state index >= 15 is 0 Å². The number of hydrogen-bond acceptors (Lipinski definition) is 0. The maximum absolute atomic E-state index is 2.34. The highest BCUT2D eigenvalue weighted by atomic mass is 28.3. The Morgan fingerprint density at radius 3 is 0.923 bits per heavy atom. The molecule has 0 saturated heterocycles. The van der Waals surface area contributed by atoms with E-state index in [2.05, 4.69) is 129 Å². The van der Waals surface area contributed by atoms with Crippen LogP contribution in [0.1, 0.15) is 0 Å². The Labute approximate surface area is 176 Å². The van der Waals surface area contributed by atoms with Crippen molar-refractivity contribution in [3.63, 3.8) is 0 Å². The van der Waals surface area contributed by atoms with Crippen molar-refractivity contribution in [2.75, 3.05) is 0 Å². The summed E-state index contributed by atoms with van der Waals surface area (Å²) in [4.78, 5) is 0. The Morgan fingerprint density at radius 1 is 0.615 bits per heavy atom. The standard InChI is InChI=1S/C8H12Si.2C4H12Si.C3H10Si.C2H8Si/c1-9(2)8-6-4-3-5-7-8;2*1-5(2,3)4;1-4(2)3;1-3-2/h3-7,9H,1-2H3;2*1-4H3;4H,1-3H3;3H2,1-2H3. The second kappa shape index (κ2) is 20.0. The van der Waals surface area contributed by atoms with Crippen molar-refractivity contribution in [3.8, 4) is 0 Å². The van der Waals surface area contributed by atoms with Gasteiger partial charge in [-0.15, -0.1) is 0 Å². The van der Waals surface area contributed by atoms with Crippen molar-refractivity contribution in [3.05, 3.63) is 30.3 Å². The average Bonchev–Trinajstić information content (AvgIpc) is 2.36. The van der Waals surface area contributed by atoms with Gasteiger partial charge in [-0.25, -0.2) is 0 Å². The van der Waals surface area contributed by atoms with E-state index in [4.69, 9.17) is 0 Å². The molecule has 0 radical (unpaired) electrons. The molecule has 1 rings (SSSR count). The normalized spacial score (nSPS) is 10.2. The van der Waals surface area contributed by atoms with Gasteiger partial charge in [0, 0.05) is 34.5 Å². The van der Waals surface area contributed by atoms with Gasteiger partial charge in [-0.1, -0.05) is 134 Å². The summed E-state index contributed by atoms with van der Waals surface area (Å²) in [6, 6.07) is 10.7. The molecule has 0 bridgehead atoms. The van der Waals surface area contributed by atoms with Crippen molar-refractivity contribution in [1.82, 2.24) is 0 Å². The zero-order chi connectivity index (χ0) is 22.0. The van der Waals surface area contributed by atoms with Gasteiger partial charge in [0.1, 0.15) is 0 Å². The molecule has 0 unspecified atom stereocenters. The van der Waals surface area contributed by atoms with Gasteiger partial charge in [-0.2, -0.15) is 0 Å². The largest absolute Gasteiger partial charge is 0.0750 e. The Balaban J connectivity index is -0.000000125. The average molecular weight is 447 g/mol. The number of hydrogen-bond donors (Lipinski definition) is 0. The van der Waals surface area contributed by atoms with Crippen LogP contribution in [0.2, 0.25) is 98.2 Å². The van der Waals surface area contributed by atoms with E-state index in [-0.39, 0.29) is 8.80 Å². The van der Waals surface area contributed by atoms with Gasteiger partial charge in [0.2, 0.25) is 0 Å². The summed E-state index contributed by atoms with van der Waals surface area (Å²) >= 11 is 0. The summed E-state index contributed by atoms with van der Waals surface area (Å²) in [6.07, 6.45) is 0. The van der Waals surface area contributed by atoms with Crippen LogP contribution in [0.5, 0.6) is 0 Å². The quantitative estimate of drug-likeness (QED) is 0.424. The molecule has 0 amide bonds. The molecule has 1 aromatic rings. The van der Waals surface area contributed by atoms with Gasteiger partial charge < -0.3 is 0 Å². The molecule has 0 heterocycles. The molecular weight excluding hydrogens is 393 g/mol. The fraction of sp³-hybridized carbons (Fsp3) is 0.714. The van der Waals surface area contributed by atoms with Crippen LogP contribution in [-0.2, 0) is 0 Å². The van der Waals surface area contributed by atoms with Gasteiger partial charge in [-0.05, 0) is 0 Å². The molecule has 158 valence electrons. The lowest BCUT2D eigenvalue weighted by atomic mass is 10.4. The van der Waals surface area contributed by atoms with Gasteiger partial charge in [-0.3, -0.25) is 0 Å². The van der Waals surface area contributed by atoms with Crippen LogP contribution in [0.3, 0.4) is 0 Å². The van der Waals surface area contributed by atoms with Crippen molar-refractivity contribution >= 4 is 48.4 Å². The fourth-order valence-electron chi connectivity index (χ4n) is 0.838. The highest BCUT2D eigenvalue weighted by Crippen LogP contribution is 1.95. The maximum Gasteiger partial charge on any atom is 0.0647 e. The molecule has 0 aromatic heterocycles. The van der Waals surface area contributed by atoms with Gasteiger partial charge in [0.15, 0.2) is 0 Å². The maximum atomic E-state index is 2.34. The molecule has 0 nitrogen and oxygen atoms in total.